The molecule has 0 radical (unpaired) electrons. The maximum atomic E-state index is 14.3. The minimum Gasteiger partial charge on any atom is -0.380 e. The predicted octanol–water partition coefficient (Wildman–Crippen LogP) is 4.52. The summed E-state index contributed by atoms with van der Waals surface area (Å²) in [5, 5.41) is 3.51. The molecule has 1 N–H and O–H groups in total. The Morgan fingerprint density at radius 1 is 1.06 bits per heavy atom. The van der Waals surface area contributed by atoms with Crippen LogP contribution in [-0.2, 0) is 11.3 Å². The standard InChI is InChI=1S/C25H30FN3O2S/c1-31-18-20-23-21(26)10-7-11-22(23)32-24(20)25(30)27-12-5-6-13-28-14-16-29(17-15-28)19-8-3-2-4-9-19/h2-4,7-11H,5-6,12-18H2,1H3,(H,27,30). The molecule has 1 saturated heterocycles. The minimum absolute atomic E-state index is 0.144. The average molecular weight is 456 g/mol. The van der Waals surface area contributed by atoms with Crippen molar-refractivity contribution in [3.8, 4) is 0 Å². The van der Waals surface area contributed by atoms with Crippen LogP contribution in [0.3, 0.4) is 0 Å². The quantitative estimate of drug-likeness (QED) is 0.482. The molecule has 2 aromatic carbocycles. The summed E-state index contributed by atoms with van der Waals surface area (Å²) in [5.74, 6) is -0.452. The molecule has 1 amide bonds. The van der Waals surface area contributed by atoms with Crippen LogP contribution in [0.5, 0.6) is 0 Å². The second kappa shape index (κ2) is 10.9. The Bertz CT molecular complexity index is 1030. The third kappa shape index (κ3) is 5.28. The first kappa shape index (κ1) is 22.7. The number of nitrogens with one attached hydrogen (secondary N) is 1. The lowest BCUT2D eigenvalue weighted by atomic mass is 10.1. The fourth-order valence-electron chi connectivity index (χ4n) is 4.24. The van der Waals surface area contributed by atoms with Crippen LogP contribution in [0, 0.1) is 5.82 Å². The average Bonchev–Trinajstić information content (AvgIpc) is 3.20. The molecule has 4 rings (SSSR count). The number of thiophene rings is 1. The normalized spacial score (nSPS) is 14.8. The summed E-state index contributed by atoms with van der Waals surface area (Å²) >= 11 is 1.33. The molecule has 7 heteroatoms. The molecule has 2 heterocycles. The molecule has 1 aromatic heterocycles. The lowest BCUT2D eigenvalue weighted by Crippen LogP contribution is -2.46. The van der Waals surface area contributed by atoms with E-state index in [0.717, 1.165) is 50.3 Å². The third-order valence-electron chi connectivity index (χ3n) is 5.94. The number of benzene rings is 2. The highest BCUT2D eigenvalue weighted by Crippen LogP contribution is 2.33. The Hall–Kier alpha value is -2.48. The first-order chi connectivity index (χ1) is 15.7. The van der Waals surface area contributed by atoms with Crippen LogP contribution in [-0.4, -0.2) is 57.2 Å². The topological polar surface area (TPSA) is 44.8 Å². The van der Waals surface area contributed by atoms with Gasteiger partial charge in [-0.15, -0.1) is 11.3 Å². The summed E-state index contributed by atoms with van der Waals surface area (Å²) in [4.78, 5) is 18.2. The Labute approximate surface area is 192 Å². The summed E-state index contributed by atoms with van der Waals surface area (Å²) in [6, 6.07) is 15.5. The lowest BCUT2D eigenvalue weighted by Gasteiger charge is -2.36. The SMILES string of the molecule is COCc1c(C(=O)NCCCCN2CCN(c3ccccc3)CC2)sc2cccc(F)c12. The highest BCUT2D eigenvalue weighted by atomic mass is 32.1. The van der Waals surface area contributed by atoms with E-state index in [9.17, 15) is 9.18 Å². The van der Waals surface area contributed by atoms with Crippen molar-refractivity contribution in [3.63, 3.8) is 0 Å². The smallest absolute Gasteiger partial charge is 0.261 e. The van der Waals surface area contributed by atoms with E-state index >= 15 is 0 Å². The van der Waals surface area contributed by atoms with Crippen molar-refractivity contribution in [1.82, 2.24) is 10.2 Å². The molecule has 32 heavy (non-hydrogen) atoms. The van der Waals surface area contributed by atoms with Gasteiger partial charge in [0.25, 0.3) is 5.91 Å². The second-order valence-electron chi connectivity index (χ2n) is 8.08. The van der Waals surface area contributed by atoms with E-state index in [1.807, 2.05) is 6.07 Å². The van der Waals surface area contributed by atoms with Gasteiger partial charge in [0.1, 0.15) is 5.82 Å². The number of piperazine rings is 1. The van der Waals surface area contributed by atoms with Crippen molar-refractivity contribution >= 4 is 33.0 Å². The molecule has 1 aliphatic heterocycles. The third-order valence-corrected chi connectivity index (χ3v) is 7.13. The fraction of sp³-hybridized carbons (Fsp3) is 0.400. The van der Waals surface area contributed by atoms with Crippen molar-refractivity contribution < 1.29 is 13.9 Å². The molecule has 0 spiro atoms. The number of methoxy groups -OCH3 is 1. The predicted molar refractivity (Wildman–Crippen MR) is 129 cm³/mol. The molecular formula is C25H30FN3O2S. The van der Waals surface area contributed by atoms with Crippen molar-refractivity contribution in [2.75, 3.05) is 51.3 Å². The van der Waals surface area contributed by atoms with Crippen LogP contribution >= 0.6 is 11.3 Å². The van der Waals surface area contributed by atoms with Gasteiger partial charge in [-0.2, -0.15) is 0 Å². The Balaban J connectivity index is 1.22. The number of unbranched alkanes of at least 4 members (excludes halogenated alkanes) is 1. The number of rotatable bonds is 9. The maximum absolute atomic E-state index is 14.3. The van der Waals surface area contributed by atoms with Gasteiger partial charge in [-0.3, -0.25) is 9.69 Å². The molecular weight excluding hydrogens is 425 g/mol. The molecule has 0 bridgehead atoms. The van der Waals surface area contributed by atoms with Crippen molar-refractivity contribution in [3.05, 3.63) is 64.8 Å². The highest BCUT2D eigenvalue weighted by molar-refractivity contribution is 7.21. The lowest BCUT2D eigenvalue weighted by molar-refractivity contribution is 0.0952. The molecule has 1 aliphatic rings. The maximum Gasteiger partial charge on any atom is 0.261 e. The first-order valence-corrected chi connectivity index (χ1v) is 12.0. The van der Waals surface area contributed by atoms with E-state index in [2.05, 4.69) is 45.4 Å². The minimum atomic E-state index is -0.308. The van der Waals surface area contributed by atoms with Gasteiger partial charge in [-0.05, 0) is 43.7 Å². The summed E-state index contributed by atoms with van der Waals surface area (Å²) in [6.07, 6.45) is 1.96. The number of para-hydroxylation sites is 1. The van der Waals surface area contributed by atoms with E-state index in [0.29, 0.717) is 22.4 Å². The van der Waals surface area contributed by atoms with Gasteiger partial charge >= 0.3 is 0 Å². The number of amides is 1. The van der Waals surface area contributed by atoms with E-state index < -0.39 is 0 Å². The molecule has 5 nitrogen and oxygen atoms in total. The molecule has 3 aromatic rings. The van der Waals surface area contributed by atoms with E-state index in [1.165, 1.54) is 23.1 Å². The summed E-state index contributed by atoms with van der Waals surface area (Å²) in [7, 11) is 1.56. The number of hydrogen-bond donors (Lipinski definition) is 1. The van der Waals surface area contributed by atoms with Crippen LogP contribution in [0.4, 0.5) is 10.1 Å². The first-order valence-electron chi connectivity index (χ1n) is 11.2. The highest BCUT2D eigenvalue weighted by Gasteiger charge is 2.20. The number of nitrogens with zero attached hydrogens (tertiary/aromatic N) is 2. The van der Waals surface area contributed by atoms with Crippen LogP contribution in [0.2, 0.25) is 0 Å². The van der Waals surface area contributed by atoms with Gasteiger partial charge in [0, 0.05) is 61.2 Å². The Morgan fingerprint density at radius 3 is 2.59 bits per heavy atom. The van der Waals surface area contributed by atoms with Gasteiger partial charge in [0.15, 0.2) is 0 Å². The molecule has 0 aliphatic carbocycles. The number of anilines is 1. The molecule has 1 fully saturated rings. The van der Waals surface area contributed by atoms with Crippen LogP contribution in [0.25, 0.3) is 10.1 Å². The largest absolute Gasteiger partial charge is 0.380 e. The number of carbonyl (C=O) groups is 1. The summed E-state index contributed by atoms with van der Waals surface area (Å²) in [6.45, 7) is 6.10. The number of halogens is 1. The number of hydrogen-bond acceptors (Lipinski definition) is 5. The van der Waals surface area contributed by atoms with Crippen LogP contribution in [0.1, 0.15) is 28.1 Å². The monoisotopic (exact) mass is 455 g/mol. The van der Waals surface area contributed by atoms with Gasteiger partial charge in [0.2, 0.25) is 0 Å². The number of ether oxygens (including phenoxy) is 1. The van der Waals surface area contributed by atoms with Gasteiger partial charge in [0.05, 0.1) is 11.5 Å². The van der Waals surface area contributed by atoms with Crippen molar-refractivity contribution in [2.24, 2.45) is 0 Å². The van der Waals surface area contributed by atoms with E-state index in [4.69, 9.17) is 4.74 Å². The van der Waals surface area contributed by atoms with E-state index in [-0.39, 0.29) is 18.3 Å². The Kier molecular flexibility index (Phi) is 7.73. The van der Waals surface area contributed by atoms with Crippen LogP contribution in [0.15, 0.2) is 48.5 Å². The molecule has 0 saturated carbocycles. The Morgan fingerprint density at radius 2 is 1.84 bits per heavy atom. The van der Waals surface area contributed by atoms with Gasteiger partial charge in [-0.25, -0.2) is 4.39 Å². The van der Waals surface area contributed by atoms with Gasteiger partial charge in [-0.1, -0.05) is 24.3 Å². The molecule has 0 unspecified atom stereocenters. The zero-order valence-electron chi connectivity index (χ0n) is 18.5. The summed E-state index contributed by atoms with van der Waals surface area (Å²) in [5.41, 5.74) is 1.93. The zero-order valence-corrected chi connectivity index (χ0v) is 19.3. The van der Waals surface area contributed by atoms with E-state index in [1.54, 1.807) is 13.2 Å². The molecule has 0 atom stereocenters. The van der Waals surface area contributed by atoms with Crippen molar-refractivity contribution in [1.29, 1.82) is 0 Å². The summed E-state index contributed by atoms with van der Waals surface area (Å²) < 4.78 is 20.3. The number of fused-ring (bicyclic) bond motifs is 1. The second-order valence-corrected chi connectivity index (χ2v) is 9.14. The van der Waals surface area contributed by atoms with Crippen molar-refractivity contribution in [2.45, 2.75) is 19.4 Å². The fourth-order valence-corrected chi connectivity index (χ4v) is 5.38. The van der Waals surface area contributed by atoms with Crippen LogP contribution < -0.4 is 10.2 Å². The zero-order chi connectivity index (χ0) is 22.3. The van der Waals surface area contributed by atoms with Gasteiger partial charge < -0.3 is 15.0 Å². The number of carbonyl (C=O) groups excluding carboxylic acids is 1. The molecule has 170 valence electrons.